The Labute approximate surface area is 112 Å². The van der Waals surface area contributed by atoms with Gasteiger partial charge in [0.1, 0.15) is 0 Å². The molecule has 0 atom stereocenters. The number of benzene rings is 2. The molecule has 0 aliphatic rings. The standard InChI is InChI=1S/C15H17NO3/c1-3-16(2)15(18)10-19-14-9-12-7-5-4-6-11(12)8-13(14)17/h4-9,17H,3,10H2,1-2H3. The summed E-state index contributed by atoms with van der Waals surface area (Å²) in [6.45, 7) is 2.45. The highest BCUT2D eigenvalue weighted by molar-refractivity contribution is 5.86. The Morgan fingerprint density at radius 1 is 1.26 bits per heavy atom. The summed E-state index contributed by atoms with van der Waals surface area (Å²) >= 11 is 0. The van der Waals surface area contributed by atoms with E-state index in [0.717, 1.165) is 10.8 Å². The maximum absolute atomic E-state index is 11.6. The van der Waals surface area contributed by atoms with E-state index < -0.39 is 0 Å². The van der Waals surface area contributed by atoms with E-state index >= 15 is 0 Å². The first-order chi connectivity index (χ1) is 9.11. The molecule has 4 nitrogen and oxygen atoms in total. The lowest BCUT2D eigenvalue weighted by Gasteiger charge is -2.15. The summed E-state index contributed by atoms with van der Waals surface area (Å²) in [5.74, 6) is 0.261. The van der Waals surface area contributed by atoms with Gasteiger partial charge in [-0.3, -0.25) is 4.79 Å². The highest BCUT2D eigenvalue weighted by atomic mass is 16.5. The van der Waals surface area contributed by atoms with E-state index in [4.69, 9.17) is 4.74 Å². The number of carbonyl (C=O) groups excluding carboxylic acids is 1. The van der Waals surface area contributed by atoms with Crippen LogP contribution in [0.1, 0.15) is 6.92 Å². The van der Waals surface area contributed by atoms with Crippen LogP contribution in [-0.4, -0.2) is 36.1 Å². The maximum atomic E-state index is 11.6. The van der Waals surface area contributed by atoms with Gasteiger partial charge in [-0.2, -0.15) is 0 Å². The number of phenolic OH excluding ortho intramolecular Hbond substituents is 1. The van der Waals surface area contributed by atoms with Gasteiger partial charge in [-0.15, -0.1) is 0 Å². The molecular formula is C15H17NO3. The molecule has 0 heterocycles. The van der Waals surface area contributed by atoms with Crippen LogP contribution in [0.2, 0.25) is 0 Å². The van der Waals surface area contributed by atoms with Crippen LogP contribution in [-0.2, 0) is 4.79 Å². The van der Waals surface area contributed by atoms with Gasteiger partial charge in [0.25, 0.3) is 5.91 Å². The highest BCUT2D eigenvalue weighted by Gasteiger charge is 2.10. The van der Waals surface area contributed by atoms with Gasteiger partial charge in [-0.1, -0.05) is 24.3 Å². The Morgan fingerprint density at radius 2 is 1.89 bits per heavy atom. The molecule has 0 fully saturated rings. The van der Waals surface area contributed by atoms with Gasteiger partial charge in [-0.05, 0) is 29.8 Å². The van der Waals surface area contributed by atoms with E-state index in [0.29, 0.717) is 12.3 Å². The van der Waals surface area contributed by atoms with Crippen molar-refractivity contribution in [2.24, 2.45) is 0 Å². The number of hydrogen-bond donors (Lipinski definition) is 1. The number of likely N-dealkylation sites (N-methyl/N-ethyl adjacent to an activating group) is 1. The van der Waals surface area contributed by atoms with Gasteiger partial charge >= 0.3 is 0 Å². The van der Waals surface area contributed by atoms with Crippen molar-refractivity contribution in [2.75, 3.05) is 20.2 Å². The van der Waals surface area contributed by atoms with Crippen LogP contribution in [0, 0.1) is 0 Å². The van der Waals surface area contributed by atoms with Crippen LogP contribution in [0.3, 0.4) is 0 Å². The number of rotatable bonds is 4. The summed E-state index contributed by atoms with van der Waals surface area (Å²) < 4.78 is 5.39. The average molecular weight is 259 g/mol. The summed E-state index contributed by atoms with van der Waals surface area (Å²) in [5, 5.41) is 11.8. The minimum Gasteiger partial charge on any atom is -0.504 e. The van der Waals surface area contributed by atoms with Crippen LogP contribution < -0.4 is 4.74 Å². The third kappa shape index (κ3) is 2.96. The topological polar surface area (TPSA) is 49.8 Å². The van der Waals surface area contributed by atoms with Crippen molar-refractivity contribution in [1.82, 2.24) is 4.90 Å². The summed E-state index contributed by atoms with van der Waals surface area (Å²) in [4.78, 5) is 13.2. The monoisotopic (exact) mass is 259 g/mol. The molecule has 0 aliphatic heterocycles. The molecule has 0 spiro atoms. The normalized spacial score (nSPS) is 10.4. The average Bonchev–Trinajstić information content (AvgIpc) is 2.43. The second-order valence-corrected chi connectivity index (χ2v) is 4.36. The van der Waals surface area contributed by atoms with E-state index in [-0.39, 0.29) is 18.3 Å². The van der Waals surface area contributed by atoms with Crippen LogP contribution >= 0.6 is 0 Å². The number of aromatic hydroxyl groups is 1. The quantitative estimate of drug-likeness (QED) is 0.917. The Morgan fingerprint density at radius 3 is 2.53 bits per heavy atom. The van der Waals surface area contributed by atoms with Gasteiger partial charge in [0.15, 0.2) is 18.1 Å². The number of hydrogen-bond acceptors (Lipinski definition) is 3. The molecule has 1 N–H and O–H groups in total. The fourth-order valence-corrected chi connectivity index (χ4v) is 1.75. The molecule has 1 amide bonds. The summed E-state index contributed by atoms with van der Waals surface area (Å²) in [5.41, 5.74) is 0. The molecule has 4 heteroatoms. The molecule has 0 aliphatic carbocycles. The third-order valence-corrected chi connectivity index (χ3v) is 3.08. The van der Waals surface area contributed by atoms with Crippen molar-refractivity contribution >= 4 is 16.7 Å². The molecule has 2 aromatic rings. The molecule has 100 valence electrons. The van der Waals surface area contributed by atoms with Gasteiger partial charge in [0, 0.05) is 13.6 Å². The van der Waals surface area contributed by atoms with Crippen LogP contribution in [0.5, 0.6) is 11.5 Å². The smallest absolute Gasteiger partial charge is 0.260 e. The van der Waals surface area contributed by atoms with Crippen LogP contribution in [0.4, 0.5) is 0 Å². The largest absolute Gasteiger partial charge is 0.504 e. The minimum absolute atomic E-state index is 0.0469. The fraction of sp³-hybridized carbons (Fsp3) is 0.267. The molecule has 19 heavy (non-hydrogen) atoms. The zero-order chi connectivity index (χ0) is 13.8. The Balaban J connectivity index is 2.16. The number of nitrogens with zero attached hydrogens (tertiary/aromatic N) is 1. The van der Waals surface area contributed by atoms with E-state index in [9.17, 15) is 9.90 Å². The lowest BCUT2D eigenvalue weighted by atomic mass is 10.1. The zero-order valence-electron chi connectivity index (χ0n) is 11.1. The van der Waals surface area contributed by atoms with E-state index in [1.54, 1.807) is 24.1 Å². The van der Waals surface area contributed by atoms with Gasteiger partial charge < -0.3 is 14.7 Å². The van der Waals surface area contributed by atoms with Crippen molar-refractivity contribution < 1.29 is 14.6 Å². The second kappa shape index (κ2) is 5.61. The third-order valence-electron chi connectivity index (χ3n) is 3.08. The molecule has 0 bridgehead atoms. The Bertz CT molecular complexity index is 595. The van der Waals surface area contributed by atoms with E-state index in [1.807, 2.05) is 31.2 Å². The van der Waals surface area contributed by atoms with Crippen LogP contribution in [0.25, 0.3) is 10.8 Å². The first kappa shape index (κ1) is 13.2. The lowest BCUT2D eigenvalue weighted by molar-refractivity contribution is -0.131. The van der Waals surface area contributed by atoms with Crippen molar-refractivity contribution in [3.63, 3.8) is 0 Å². The lowest BCUT2D eigenvalue weighted by Crippen LogP contribution is -2.31. The van der Waals surface area contributed by atoms with Gasteiger partial charge in [0.2, 0.25) is 0 Å². The van der Waals surface area contributed by atoms with Crippen molar-refractivity contribution in [1.29, 1.82) is 0 Å². The fourth-order valence-electron chi connectivity index (χ4n) is 1.75. The van der Waals surface area contributed by atoms with E-state index in [1.165, 1.54) is 0 Å². The summed E-state index contributed by atoms with van der Waals surface area (Å²) in [6.07, 6.45) is 0. The predicted octanol–water partition coefficient (Wildman–Crippen LogP) is 2.40. The molecule has 0 unspecified atom stereocenters. The van der Waals surface area contributed by atoms with Gasteiger partial charge in [0.05, 0.1) is 0 Å². The zero-order valence-corrected chi connectivity index (χ0v) is 11.1. The first-order valence-electron chi connectivity index (χ1n) is 6.20. The van der Waals surface area contributed by atoms with E-state index in [2.05, 4.69) is 0 Å². The maximum Gasteiger partial charge on any atom is 0.260 e. The van der Waals surface area contributed by atoms with Crippen molar-refractivity contribution in [3.8, 4) is 11.5 Å². The molecule has 2 rings (SSSR count). The van der Waals surface area contributed by atoms with Crippen molar-refractivity contribution in [2.45, 2.75) is 6.92 Å². The number of phenols is 1. The number of amides is 1. The molecule has 0 aromatic heterocycles. The Kier molecular flexibility index (Phi) is 3.90. The second-order valence-electron chi connectivity index (χ2n) is 4.36. The Hall–Kier alpha value is -2.23. The number of ether oxygens (including phenoxy) is 1. The number of carbonyl (C=O) groups is 1. The molecule has 0 radical (unpaired) electrons. The summed E-state index contributed by atoms with van der Waals surface area (Å²) in [7, 11) is 1.71. The van der Waals surface area contributed by atoms with Crippen LogP contribution in [0.15, 0.2) is 36.4 Å². The molecule has 2 aromatic carbocycles. The highest BCUT2D eigenvalue weighted by Crippen LogP contribution is 2.31. The predicted molar refractivity (Wildman–Crippen MR) is 74.4 cm³/mol. The molecule has 0 saturated heterocycles. The first-order valence-corrected chi connectivity index (χ1v) is 6.20. The SMILES string of the molecule is CCN(C)C(=O)COc1cc2ccccc2cc1O. The summed E-state index contributed by atoms with van der Waals surface area (Å²) in [6, 6.07) is 11.0. The van der Waals surface area contributed by atoms with Crippen molar-refractivity contribution in [3.05, 3.63) is 36.4 Å². The number of fused-ring (bicyclic) bond motifs is 1. The molecular weight excluding hydrogens is 242 g/mol. The minimum atomic E-state index is -0.116. The van der Waals surface area contributed by atoms with Gasteiger partial charge in [-0.25, -0.2) is 0 Å². The molecule has 0 saturated carbocycles.